The van der Waals surface area contributed by atoms with Gasteiger partial charge in [0.05, 0.1) is 0 Å². The first-order valence-corrected chi connectivity index (χ1v) is 18.5. The average Bonchev–Trinajstić information content (AvgIpc) is 3.17. The van der Waals surface area contributed by atoms with Crippen molar-refractivity contribution >= 4 is 11.8 Å². The summed E-state index contributed by atoms with van der Waals surface area (Å²) < 4.78 is 0. The molecule has 0 saturated carbocycles. The van der Waals surface area contributed by atoms with Crippen LogP contribution in [0, 0.1) is 5.92 Å². The fourth-order valence-electron chi connectivity index (χ4n) is 6.87. The fourth-order valence-corrected chi connectivity index (χ4v) is 6.87. The zero-order chi connectivity index (χ0) is 36.0. The van der Waals surface area contributed by atoms with Crippen LogP contribution in [-0.2, 0) is 0 Å². The van der Waals surface area contributed by atoms with Gasteiger partial charge in [0, 0.05) is 41.4 Å². The van der Waals surface area contributed by atoms with Gasteiger partial charge in [0.1, 0.15) is 0 Å². The summed E-state index contributed by atoms with van der Waals surface area (Å²) in [6, 6.07) is 30.1. The molecule has 5 rings (SSSR count). The second-order valence-electron chi connectivity index (χ2n) is 13.3. The van der Waals surface area contributed by atoms with Gasteiger partial charge in [-0.25, -0.2) is 0 Å². The molecule has 3 aromatic carbocycles. The number of hydrogen-bond donors (Lipinski definition) is 0. The van der Waals surface area contributed by atoms with E-state index in [4.69, 9.17) is 0 Å². The quantitative estimate of drug-likeness (QED) is 0.158. The van der Waals surface area contributed by atoms with E-state index in [9.17, 15) is 0 Å². The maximum atomic E-state index is 4.11. The van der Waals surface area contributed by atoms with Crippen molar-refractivity contribution in [2.24, 2.45) is 5.92 Å². The molecular weight excluding hydrogens is 617 g/mol. The molecule has 0 heterocycles. The Morgan fingerprint density at radius 2 is 1.55 bits per heavy atom. The molecule has 0 aliphatic heterocycles. The van der Waals surface area contributed by atoms with Gasteiger partial charge in [-0.1, -0.05) is 140 Å². The minimum atomic E-state index is 0.323. The summed E-state index contributed by atoms with van der Waals surface area (Å²) in [5, 5.41) is 0. The van der Waals surface area contributed by atoms with Gasteiger partial charge in [-0.15, -0.1) is 0 Å². The van der Waals surface area contributed by atoms with Crippen molar-refractivity contribution in [3.8, 4) is 11.1 Å². The molecule has 2 nitrogen and oxygen atoms in total. The van der Waals surface area contributed by atoms with E-state index in [-0.39, 0.29) is 0 Å². The van der Waals surface area contributed by atoms with Crippen molar-refractivity contribution < 1.29 is 0 Å². The third kappa shape index (κ3) is 9.67. The second kappa shape index (κ2) is 18.6. The highest BCUT2D eigenvalue weighted by atomic mass is 15.2. The molecule has 1 unspecified atom stereocenters. The van der Waals surface area contributed by atoms with Crippen molar-refractivity contribution in [3.63, 3.8) is 0 Å². The third-order valence-electron chi connectivity index (χ3n) is 9.70. The number of anilines is 1. The van der Waals surface area contributed by atoms with Crippen molar-refractivity contribution in [3.05, 3.63) is 203 Å². The molecule has 1 atom stereocenters. The van der Waals surface area contributed by atoms with Crippen LogP contribution in [0.15, 0.2) is 198 Å². The Morgan fingerprint density at radius 1 is 0.843 bits per heavy atom. The van der Waals surface area contributed by atoms with Crippen LogP contribution in [-0.4, -0.2) is 11.9 Å². The van der Waals surface area contributed by atoms with Gasteiger partial charge in [0.25, 0.3) is 0 Å². The maximum Gasteiger partial charge on any atom is 0.0467 e. The normalized spacial score (nSPS) is 17.2. The molecule has 2 aliphatic carbocycles. The molecule has 0 aromatic heterocycles. The summed E-state index contributed by atoms with van der Waals surface area (Å²) in [6.45, 7) is 12.8. The monoisotopic (exact) mass is 670 g/mol. The van der Waals surface area contributed by atoms with Gasteiger partial charge in [0.15, 0.2) is 0 Å². The molecule has 0 N–H and O–H groups in total. The van der Waals surface area contributed by atoms with E-state index in [1.807, 2.05) is 6.08 Å². The Bertz CT molecular complexity index is 1920. The number of rotatable bonds is 14. The predicted octanol–water partition coefficient (Wildman–Crippen LogP) is 13.5. The third-order valence-corrected chi connectivity index (χ3v) is 9.70. The molecule has 0 radical (unpaired) electrons. The van der Waals surface area contributed by atoms with E-state index < -0.39 is 0 Å². The molecular formula is C49H54N2. The van der Waals surface area contributed by atoms with E-state index in [1.54, 1.807) is 0 Å². The molecule has 260 valence electrons. The van der Waals surface area contributed by atoms with Crippen molar-refractivity contribution in [1.82, 2.24) is 4.90 Å². The first-order chi connectivity index (χ1) is 24.9. The largest absolute Gasteiger partial charge is 0.348 e. The van der Waals surface area contributed by atoms with Gasteiger partial charge in [-0.3, -0.25) is 0 Å². The van der Waals surface area contributed by atoms with Crippen LogP contribution in [0.1, 0.15) is 65.4 Å². The lowest BCUT2D eigenvalue weighted by Crippen LogP contribution is -2.22. The van der Waals surface area contributed by atoms with Crippen LogP contribution in [0.3, 0.4) is 0 Å². The summed E-state index contributed by atoms with van der Waals surface area (Å²) in [7, 11) is 2.19. The smallest absolute Gasteiger partial charge is 0.0467 e. The highest BCUT2D eigenvalue weighted by Gasteiger charge is 2.20. The zero-order valence-corrected chi connectivity index (χ0v) is 31.2. The molecule has 2 heteroatoms. The summed E-state index contributed by atoms with van der Waals surface area (Å²) >= 11 is 0. The van der Waals surface area contributed by atoms with E-state index in [1.165, 1.54) is 56.9 Å². The van der Waals surface area contributed by atoms with Gasteiger partial charge in [-0.2, -0.15) is 0 Å². The lowest BCUT2D eigenvalue weighted by atomic mass is 9.91. The summed E-state index contributed by atoms with van der Waals surface area (Å²) in [4.78, 5) is 4.73. The van der Waals surface area contributed by atoms with Crippen LogP contribution >= 0.6 is 0 Å². The molecule has 0 spiro atoms. The molecule has 0 bridgehead atoms. The van der Waals surface area contributed by atoms with E-state index >= 15 is 0 Å². The van der Waals surface area contributed by atoms with E-state index in [0.717, 1.165) is 37.1 Å². The standard InChI is InChI=1S/C49H54N2/c1-7-18-42-30-34-47(36-40(42)10-4)50(6)45(19-8-2)31-27-38(5)41-28-32-46(33-29-41)51(48(20-9-3)35-39-21-13-11-14-22-39)49-26-17-25-44(37-49)43-23-15-12-16-24-43/h8-17,19-28,31-33,35-37,41H,4,7,18,29-30,34H2,1-3,5-6H3/b19-8-,20-9-,38-27+,45-31+,48-35+. The van der Waals surface area contributed by atoms with E-state index in [2.05, 4.69) is 203 Å². The van der Waals surface area contributed by atoms with Gasteiger partial charge < -0.3 is 9.80 Å². The highest BCUT2D eigenvalue weighted by Crippen LogP contribution is 2.35. The molecule has 0 saturated heterocycles. The minimum absolute atomic E-state index is 0.323. The SMILES string of the molecule is C=CC1=C(CCC)CCC(N(C)C(/C=C\C)=C/C=C(\C)C2C=CC(N(C(/C=C\C)=C/c3ccccc3)c3cccc(-c4ccccc4)c3)=CC2)=C1. The van der Waals surface area contributed by atoms with Gasteiger partial charge in [-0.05, 0) is 117 Å². The predicted molar refractivity (Wildman–Crippen MR) is 223 cm³/mol. The average molecular weight is 671 g/mol. The van der Waals surface area contributed by atoms with Crippen LogP contribution in [0.25, 0.3) is 17.2 Å². The lowest BCUT2D eigenvalue weighted by molar-refractivity contribution is 0.501. The Kier molecular flexibility index (Phi) is 13.5. The number of allylic oxidation sites excluding steroid dienone is 15. The van der Waals surface area contributed by atoms with Crippen LogP contribution in [0.2, 0.25) is 0 Å². The summed E-state index contributed by atoms with van der Waals surface area (Å²) in [5.41, 5.74) is 13.7. The minimum Gasteiger partial charge on any atom is -0.348 e. The number of likely N-dealkylation sites (N-methyl/N-ethyl adjacent to an activating group) is 1. The lowest BCUT2D eigenvalue weighted by Gasteiger charge is -2.30. The van der Waals surface area contributed by atoms with Gasteiger partial charge >= 0.3 is 0 Å². The van der Waals surface area contributed by atoms with Gasteiger partial charge in [0.2, 0.25) is 0 Å². The maximum absolute atomic E-state index is 4.11. The Hall–Kier alpha value is -5.34. The highest BCUT2D eigenvalue weighted by molar-refractivity contribution is 5.75. The van der Waals surface area contributed by atoms with Crippen LogP contribution in [0.5, 0.6) is 0 Å². The van der Waals surface area contributed by atoms with Crippen molar-refractivity contribution in [2.45, 2.75) is 59.8 Å². The van der Waals surface area contributed by atoms with Crippen LogP contribution in [0.4, 0.5) is 5.69 Å². The topological polar surface area (TPSA) is 6.48 Å². The number of hydrogen-bond acceptors (Lipinski definition) is 2. The summed E-state index contributed by atoms with van der Waals surface area (Å²) in [6.07, 6.45) is 32.4. The second-order valence-corrected chi connectivity index (χ2v) is 13.3. The first kappa shape index (κ1) is 36.9. The van der Waals surface area contributed by atoms with Crippen molar-refractivity contribution in [2.75, 3.05) is 11.9 Å². The number of nitrogens with zero attached hydrogens (tertiary/aromatic N) is 2. The number of benzene rings is 3. The molecule has 0 fully saturated rings. The molecule has 51 heavy (non-hydrogen) atoms. The Morgan fingerprint density at radius 3 is 2.22 bits per heavy atom. The summed E-state index contributed by atoms with van der Waals surface area (Å²) in [5.74, 6) is 0.323. The van der Waals surface area contributed by atoms with Crippen LogP contribution < -0.4 is 4.90 Å². The van der Waals surface area contributed by atoms with E-state index in [0.29, 0.717) is 5.92 Å². The zero-order valence-electron chi connectivity index (χ0n) is 31.2. The first-order valence-electron chi connectivity index (χ1n) is 18.5. The molecule has 3 aromatic rings. The Balaban J connectivity index is 1.44. The van der Waals surface area contributed by atoms with Crippen molar-refractivity contribution in [1.29, 1.82) is 0 Å². The molecule has 0 amide bonds. The molecule has 2 aliphatic rings. The fraction of sp³-hybridized carbons (Fsp3) is 0.224. The Labute approximate surface area is 307 Å².